The molecule has 0 bridgehead atoms. The van der Waals surface area contributed by atoms with E-state index in [9.17, 15) is 19.3 Å². The van der Waals surface area contributed by atoms with E-state index in [0.717, 1.165) is 0 Å². The first-order chi connectivity index (χ1) is 11.5. The van der Waals surface area contributed by atoms with Crippen molar-refractivity contribution in [2.45, 2.75) is 24.9 Å². The highest BCUT2D eigenvalue weighted by molar-refractivity contribution is 9.10. The molecule has 0 aromatic heterocycles. The molecule has 0 heterocycles. The molecule has 24 heavy (non-hydrogen) atoms. The van der Waals surface area contributed by atoms with Crippen LogP contribution in [0.2, 0.25) is 0 Å². The van der Waals surface area contributed by atoms with E-state index in [1.165, 1.54) is 24.3 Å². The highest BCUT2D eigenvalue weighted by Gasteiger charge is 2.35. The van der Waals surface area contributed by atoms with Gasteiger partial charge in [-0.1, -0.05) is 12.1 Å². The van der Waals surface area contributed by atoms with Crippen molar-refractivity contribution in [3.05, 3.63) is 74.0 Å². The van der Waals surface area contributed by atoms with Crippen molar-refractivity contribution in [3.63, 3.8) is 0 Å². The standard InChI is InChI=1S/C17H13BrFNO4/c18-15-3-1-2-14(16(15)19)11-8-13(9-11)24-17(21)10-4-6-12(7-5-10)20(22)23/h1-7,11,13H,8-9H2/t11-,13-. The number of non-ortho nitro benzene ring substituents is 1. The zero-order valence-electron chi connectivity index (χ0n) is 12.4. The first-order valence-corrected chi connectivity index (χ1v) is 8.14. The molecule has 1 saturated carbocycles. The minimum Gasteiger partial charge on any atom is -0.459 e. The number of carbonyl (C=O) groups excluding carboxylic acids is 1. The number of ether oxygens (including phenoxy) is 1. The summed E-state index contributed by atoms with van der Waals surface area (Å²) in [6.07, 6.45) is 0.856. The van der Waals surface area contributed by atoms with Gasteiger partial charge in [0.25, 0.3) is 5.69 Å². The Morgan fingerprint density at radius 2 is 1.88 bits per heavy atom. The third-order valence-corrected chi connectivity index (χ3v) is 4.72. The lowest BCUT2D eigenvalue weighted by Gasteiger charge is -2.35. The molecule has 2 aromatic rings. The third-order valence-electron chi connectivity index (χ3n) is 4.10. The maximum Gasteiger partial charge on any atom is 0.338 e. The molecule has 0 atom stereocenters. The number of benzene rings is 2. The van der Waals surface area contributed by atoms with Crippen LogP contribution in [0.1, 0.15) is 34.7 Å². The molecular formula is C17H13BrFNO4. The monoisotopic (exact) mass is 393 g/mol. The summed E-state index contributed by atoms with van der Waals surface area (Å²) < 4.78 is 19.8. The SMILES string of the molecule is O=C(O[C@H]1C[C@H](c2cccc(Br)c2F)C1)c1ccc([N+](=O)[O-])cc1. The van der Waals surface area contributed by atoms with Crippen LogP contribution in [0.5, 0.6) is 0 Å². The van der Waals surface area contributed by atoms with E-state index in [0.29, 0.717) is 22.9 Å². The summed E-state index contributed by atoms with van der Waals surface area (Å²) in [6.45, 7) is 0. The Bertz CT molecular complexity index is 788. The van der Waals surface area contributed by atoms with Gasteiger partial charge in [-0.2, -0.15) is 0 Å². The summed E-state index contributed by atoms with van der Waals surface area (Å²) in [6, 6.07) is 10.4. The molecule has 5 nitrogen and oxygen atoms in total. The predicted molar refractivity (Wildman–Crippen MR) is 88.4 cm³/mol. The molecule has 0 spiro atoms. The minimum absolute atomic E-state index is 0.0251. The molecule has 1 aliphatic rings. The number of nitro benzene ring substituents is 1. The molecular weight excluding hydrogens is 381 g/mol. The Kier molecular flexibility index (Phi) is 4.62. The molecule has 0 amide bonds. The van der Waals surface area contributed by atoms with Gasteiger partial charge in [-0.3, -0.25) is 10.1 Å². The molecule has 124 valence electrons. The molecule has 1 aliphatic carbocycles. The van der Waals surface area contributed by atoms with Crippen LogP contribution < -0.4 is 0 Å². The van der Waals surface area contributed by atoms with Crippen LogP contribution in [-0.4, -0.2) is 17.0 Å². The highest BCUT2D eigenvalue weighted by Crippen LogP contribution is 2.41. The fourth-order valence-electron chi connectivity index (χ4n) is 2.69. The van der Waals surface area contributed by atoms with Crippen molar-refractivity contribution in [1.29, 1.82) is 0 Å². The molecule has 0 unspecified atom stereocenters. The van der Waals surface area contributed by atoms with Crippen LogP contribution in [0.3, 0.4) is 0 Å². The lowest BCUT2D eigenvalue weighted by Crippen LogP contribution is -2.32. The average Bonchev–Trinajstić information content (AvgIpc) is 2.53. The van der Waals surface area contributed by atoms with Gasteiger partial charge < -0.3 is 4.74 Å². The van der Waals surface area contributed by atoms with Crippen molar-refractivity contribution in [1.82, 2.24) is 0 Å². The first-order valence-electron chi connectivity index (χ1n) is 7.35. The predicted octanol–water partition coefficient (Wildman–Crippen LogP) is 4.60. The summed E-state index contributed by atoms with van der Waals surface area (Å²) in [5, 5.41) is 10.6. The second kappa shape index (κ2) is 6.68. The fourth-order valence-corrected chi connectivity index (χ4v) is 3.07. The van der Waals surface area contributed by atoms with Gasteiger partial charge in [-0.25, -0.2) is 9.18 Å². The second-order valence-corrected chi connectivity index (χ2v) is 6.50. The summed E-state index contributed by atoms with van der Waals surface area (Å²) in [5.74, 6) is -0.775. The topological polar surface area (TPSA) is 69.4 Å². The molecule has 0 saturated heterocycles. The van der Waals surface area contributed by atoms with Crippen LogP contribution in [0.25, 0.3) is 0 Å². The van der Waals surface area contributed by atoms with Gasteiger partial charge in [-0.05, 0) is 58.5 Å². The molecule has 7 heteroatoms. The highest BCUT2D eigenvalue weighted by atomic mass is 79.9. The van der Waals surface area contributed by atoms with Gasteiger partial charge in [0.1, 0.15) is 11.9 Å². The Morgan fingerprint density at radius 1 is 1.21 bits per heavy atom. The van der Waals surface area contributed by atoms with E-state index in [1.807, 2.05) is 0 Å². The van der Waals surface area contributed by atoms with Crippen molar-refractivity contribution >= 4 is 27.6 Å². The van der Waals surface area contributed by atoms with E-state index < -0.39 is 10.9 Å². The number of nitro groups is 1. The number of hydrogen-bond donors (Lipinski definition) is 0. The third kappa shape index (κ3) is 3.31. The van der Waals surface area contributed by atoms with E-state index in [-0.39, 0.29) is 29.1 Å². The quantitative estimate of drug-likeness (QED) is 0.432. The van der Waals surface area contributed by atoms with Crippen LogP contribution >= 0.6 is 15.9 Å². The van der Waals surface area contributed by atoms with Crippen molar-refractivity contribution < 1.29 is 18.8 Å². The zero-order valence-corrected chi connectivity index (χ0v) is 14.0. The van der Waals surface area contributed by atoms with E-state index >= 15 is 0 Å². The normalized spacial score (nSPS) is 19.4. The number of rotatable bonds is 4. The van der Waals surface area contributed by atoms with Gasteiger partial charge in [0, 0.05) is 12.1 Å². The van der Waals surface area contributed by atoms with Crippen molar-refractivity contribution in [3.8, 4) is 0 Å². The minimum atomic E-state index is -0.530. The Morgan fingerprint density at radius 3 is 2.50 bits per heavy atom. The fraction of sp³-hybridized carbons (Fsp3) is 0.235. The lowest BCUT2D eigenvalue weighted by molar-refractivity contribution is -0.384. The number of halogens is 2. The maximum absolute atomic E-state index is 14.0. The van der Waals surface area contributed by atoms with E-state index in [4.69, 9.17) is 4.74 Å². The summed E-state index contributed by atoms with van der Waals surface area (Å²) in [7, 11) is 0. The number of carbonyl (C=O) groups is 1. The molecule has 2 aromatic carbocycles. The van der Waals surface area contributed by atoms with Crippen molar-refractivity contribution in [2.75, 3.05) is 0 Å². The van der Waals surface area contributed by atoms with Crippen LogP contribution in [0.15, 0.2) is 46.9 Å². The van der Waals surface area contributed by atoms with E-state index in [1.54, 1.807) is 18.2 Å². The number of nitrogens with zero attached hydrogens (tertiary/aromatic N) is 1. The van der Waals surface area contributed by atoms with Crippen LogP contribution in [-0.2, 0) is 4.74 Å². The number of hydrogen-bond acceptors (Lipinski definition) is 4. The van der Waals surface area contributed by atoms with E-state index in [2.05, 4.69) is 15.9 Å². The Labute approximate surface area is 145 Å². The number of esters is 1. The summed E-state index contributed by atoms with van der Waals surface area (Å²) in [5.41, 5.74) is 0.796. The van der Waals surface area contributed by atoms with Crippen molar-refractivity contribution in [2.24, 2.45) is 0 Å². The Hall–Kier alpha value is -2.28. The molecule has 3 rings (SSSR count). The Balaban J connectivity index is 1.58. The van der Waals surface area contributed by atoms with Gasteiger partial charge in [-0.15, -0.1) is 0 Å². The molecule has 0 radical (unpaired) electrons. The van der Waals surface area contributed by atoms with Gasteiger partial charge in [0.15, 0.2) is 0 Å². The zero-order chi connectivity index (χ0) is 17.3. The van der Waals surface area contributed by atoms with Crippen LogP contribution in [0, 0.1) is 15.9 Å². The summed E-state index contributed by atoms with van der Waals surface area (Å²) >= 11 is 3.16. The molecule has 1 fully saturated rings. The van der Waals surface area contributed by atoms with Gasteiger partial charge in [0.2, 0.25) is 0 Å². The van der Waals surface area contributed by atoms with Crippen LogP contribution in [0.4, 0.5) is 10.1 Å². The molecule has 0 N–H and O–H groups in total. The second-order valence-electron chi connectivity index (χ2n) is 5.64. The van der Waals surface area contributed by atoms with Gasteiger partial charge in [0.05, 0.1) is 15.0 Å². The average molecular weight is 394 g/mol. The summed E-state index contributed by atoms with van der Waals surface area (Å²) in [4.78, 5) is 22.1. The molecule has 0 aliphatic heterocycles. The lowest BCUT2D eigenvalue weighted by atomic mass is 9.77. The van der Waals surface area contributed by atoms with Gasteiger partial charge >= 0.3 is 5.97 Å². The maximum atomic E-state index is 14.0. The first kappa shape index (κ1) is 16.6. The smallest absolute Gasteiger partial charge is 0.338 e. The largest absolute Gasteiger partial charge is 0.459 e.